The summed E-state index contributed by atoms with van der Waals surface area (Å²) in [6.07, 6.45) is -1.54. The number of carbonyl (C=O) groups is 1. The average Bonchev–Trinajstić information content (AvgIpc) is 2.89. The summed E-state index contributed by atoms with van der Waals surface area (Å²) in [6, 6.07) is 8.52. The van der Waals surface area contributed by atoms with E-state index in [2.05, 4.69) is 31.0 Å². The molecule has 0 unspecified atom stereocenters. The summed E-state index contributed by atoms with van der Waals surface area (Å²) in [5, 5.41) is 2.49. The molecule has 0 atom stereocenters. The summed E-state index contributed by atoms with van der Waals surface area (Å²) in [7, 11) is 0. The molecule has 124 valence electrons. The van der Waals surface area contributed by atoms with E-state index >= 15 is 0 Å². The lowest BCUT2D eigenvalue weighted by atomic mass is 10.3. The summed E-state index contributed by atoms with van der Waals surface area (Å²) in [4.78, 5) is 16.4. The van der Waals surface area contributed by atoms with Crippen molar-refractivity contribution in [3.05, 3.63) is 59.0 Å². The van der Waals surface area contributed by atoms with Crippen LogP contribution in [-0.4, -0.2) is 21.7 Å². The first-order valence-electron chi connectivity index (χ1n) is 6.61. The largest absolute Gasteiger partial charge is 0.573 e. The van der Waals surface area contributed by atoms with Crippen molar-refractivity contribution in [1.29, 1.82) is 0 Å². The van der Waals surface area contributed by atoms with Gasteiger partial charge in [-0.15, -0.1) is 13.2 Å². The van der Waals surface area contributed by atoms with Gasteiger partial charge in [0.1, 0.15) is 17.1 Å². The molecule has 3 rings (SSSR count). The van der Waals surface area contributed by atoms with E-state index in [9.17, 15) is 18.0 Å². The molecule has 5 nitrogen and oxygen atoms in total. The second kappa shape index (κ2) is 6.16. The second-order valence-electron chi connectivity index (χ2n) is 4.77. The van der Waals surface area contributed by atoms with E-state index in [-0.39, 0.29) is 11.4 Å². The van der Waals surface area contributed by atoms with Crippen LogP contribution in [0.4, 0.5) is 18.9 Å². The third kappa shape index (κ3) is 3.85. The number of halogens is 4. The van der Waals surface area contributed by atoms with Gasteiger partial charge in [-0.1, -0.05) is 6.07 Å². The van der Waals surface area contributed by atoms with Crippen LogP contribution in [-0.2, 0) is 0 Å². The molecule has 0 bridgehead atoms. The average molecular weight is 400 g/mol. The van der Waals surface area contributed by atoms with Crippen LogP contribution in [0, 0.1) is 0 Å². The number of nitrogens with zero attached hydrogens (tertiary/aromatic N) is 2. The number of rotatable bonds is 3. The number of imidazole rings is 1. The van der Waals surface area contributed by atoms with Crippen LogP contribution in [0.2, 0.25) is 0 Å². The maximum absolute atomic E-state index is 12.2. The monoisotopic (exact) mass is 399 g/mol. The first kappa shape index (κ1) is 16.3. The Labute approximate surface area is 142 Å². The predicted molar refractivity (Wildman–Crippen MR) is 84.0 cm³/mol. The van der Waals surface area contributed by atoms with Gasteiger partial charge in [-0.05, 0) is 40.2 Å². The summed E-state index contributed by atoms with van der Waals surface area (Å²) in [5.41, 5.74) is 0.868. The van der Waals surface area contributed by atoms with Crippen LogP contribution < -0.4 is 10.1 Å². The maximum atomic E-state index is 12.2. The fourth-order valence-corrected chi connectivity index (χ4v) is 2.39. The fourth-order valence-electron chi connectivity index (χ4n) is 2.04. The van der Waals surface area contributed by atoms with Gasteiger partial charge >= 0.3 is 6.36 Å². The van der Waals surface area contributed by atoms with Crippen molar-refractivity contribution in [3.63, 3.8) is 0 Å². The van der Waals surface area contributed by atoms with Crippen molar-refractivity contribution in [2.24, 2.45) is 0 Å². The molecule has 1 aromatic carbocycles. The molecular formula is C15H9BrF3N3O2. The Hall–Kier alpha value is -2.55. The van der Waals surface area contributed by atoms with Gasteiger partial charge in [0.05, 0.1) is 0 Å². The topological polar surface area (TPSA) is 55.6 Å². The number of carbonyl (C=O) groups excluding carboxylic acids is 1. The number of hydrogen-bond donors (Lipinski definition) is 1. The molecule has 0 saturated carbocycles. The number of anilines is 1. The maximum Gasteiger partial charge on any atom is 0.573 e. The van der Waals surface area contributed by atoms with E-state index in [0.717, 1.165) is 16.6 Å². The highest BCUT2D eigenvalue weighted by Crippen LogP contribution is 2.25. The van der Waals surface area contributed by atoms with E-state index in [1.165, 1.54) is 18.3 Å². The minimum atomic E-state index is -4.79. The number of pyridine rings is 1. The molecule has 0 spiro atoms. The van der Waals surface area contributed by atoms with Crippen molar-refractivity contribution in [2.45, 2.75) is 6.36 Å². The summed E-state index contributed by atoms with van der Waals surface area (Å²) < 4.78 is 43.0. The van der Waals surface area contributed by atoms with Gasteiger partial charge in [0, 0.05) is 28.6 Å². The fraction of sp³-hybridized carbons (Fsp3) is 0.0667. The van der Waals surface area contributed by atoms with Gasteiger partial charge < -0.3 is 14.5 Å². The molecule has 0 saturated heterocycles. The van der Waals surface area contributed by atoms with E-state index in [0.29, 0.717) is 5.65 Å². The molecule has 2 heterocycles. The molecule has 2 aromatic heterocycles. The Bertz CT molecular complexity index is 908. The number of amides is 1. The van der Waals surface area contributed by atoms with Gasteiger partial charge in [-0.3, -0.25) is 4.79 Å². The first-order chi connectivity index (χ1) is 11.3. The van der Waals surface area contributed by atoms with Crippen LogP contribution in [0.1, 0.15) is 10.5 Å². The Morgan fingerprint density at radius 1 is 1.21 bits per heavy atom. The highest BCUT2D eigenvalue weighted by Gasteiger charge is 2.31. The lowest BCUT2D eigenvalue weighted by molar-refractivity contribution is -0.274. The standard InChI is InChI=1S/C15H9BrF3N3O2/c16-9-4-5-13-21-12(8-22(13)7-9)14(23)20-10-2-1-3-11(6-10)24-15(17,18)19/h1-8H,(H,20,23). The van der Waals surface area contributed by atoms with Crippen LogP contribution in [0.25, 0.3) is 5.65 Å². The molecule has 1 N–H and O–H groups in total. The minimum absolute atomic E-state index is 0.134. The molecule has 0 aliphatic rings. The number of nitrogens with one attached hydrogen (secondary N) is 1. The van der Waals surface area contributed by atoms with E-state index in [1.54, 1.807) is 22.7 Å². The third-order valence-corrected chi connectivity index (χ3v) is 3.44. The molecule has 9 heteroatoms. The Morgan fingerprint density at radius 3 is 2.75 bits per heavy atom. The van der Waals surface area contributed by atoms with Gasteiger partial charge in [-0.25, -0.2) is 4.98 Å². The molecule has 0 radical (unpaired) electrons. The number of aromatic nitrogens is 2. The lowest BCUT2D eigenvalue weighted by Gasteiger charge is -2.10. The zero-order valence-corrected chi connectivity index (χ0v) is 13.4. The Balaban J connectivity index is 1.79. The number of benzene rings is 1. The molecular weight excluding hydrogens is 391 g/mol. The van der Waals surface area contributed by atoms with Crippen molar-refractivity contribution in [2.75, 3.05) is 5.32 Å². The Morgan fingerprint density at radius 2 is 2.00 bits per heavy atom. The Kier molecular flexibility index (Phi) is 4.18. The van der Waals surface area contributed by atoms with Gasteiger partial charge in [0.25, 0.3) is 5.91 Å². The molecule has 24 heavy (non-hydrogen) atoms. The number of ether oxygens (including phenoxy) is 1. The van der Waals surface area contributed by atoms with Crippen LogP contribution in [0.5, 0.6) is 5.75 Å². The highest BCUT2D eigenvalue weighted by molar-refractivity contribution is 9.10. The van der Waals surface area contributed by atoms with E-state index in [1.807, 2.05) is 0 Å². The van der Waals surface area contributed by atoms with Crippen molar-refractivity contribution >= 4 is 33.2 Å². The normalized spacial score (nSPS) is 11.5. The number of fused-ring (bicyclic) bond motifs is 1. The van der Waals surface area contributed by atoms with Gasteiger partial charge in [0.15, 0.2) is 0 Å². The molecule has 0 aliphatic heterocycles. The third-order valence-electron chi connectivity index (χ3n) is 2.97. The van der Waals surface area contributed by atoms with E-state index < -0.39 is 18.0 Å². The summed E-state index contributed by atoms with van der Waals surface area (Å²) in [6.45, 7) is 0. The first-order valence-corrected chi connectivity index (χ1v) is 7.41. The zero-order chi connectivity index (χ0) is 17.3. The molecule has 3 aromatic rings. The quantitative estimate of drug-likeness (QED) is 0.716. The van der Waals surface area contributed by atoms with Crippen LogP contribution in [0.3, 0.4) is 0 Å². The van der Waals surface area contributed by atoms with Crippen LogP contribution in [0.15, 0.2) is 53.3 Å². The van der Waals surface area contributed by atoms with Gasteiger partial charge in [-0.2, -0.15) is 0 Å². The minimum Gasteiger partial charge on any atom is -0.406 e. The summed E-state index contributed by atoms with van der Waals surface area (Å²) >= 11 is 3.31. The zero-order valence-electron chi connectivity index (χ0n) is 11.8. The number of hydrogen-bond acceptors (Lipinski definition) is 3. The van der Waals surface area contributed by atoms with E-state index in [4.69, 9.17) is 0 Å². The lowest BCUT2D eigenvalue weighted by Crippen LogP contribution is -2.17. The molecule has 1 amide bonds. The smallest absolute Gasteiger partial charge is 0.406 e. The van der Waals surface area contributed by atoms with Gasteiger partial charge in [0.2, 0.25) is 0 Å². The van der Waals surface area contributed by atoms with Crippen molar-refractivity contribution in [3.8, 4) is 5.75 Å². The van der Waals surface area contributed by atoms with Crippen molar-refractivity contribution in [1.82, 2.24) is 9.38 Å². The predicted octanol–water partition coefficient (Wildman–Crippen LogP) is 4.25. The highest BCUT2D eigenvalue weighted by atomic mass is 79.9. The van der Waals surface area contributed by atoms with Crippen molar-refractivity contribution < 1.29 is 22.7 Å². The SMILES string of the molecule is O=C(Nc1cccc(OC(F)(F)F)c1)c1cn2cc(Br)ccc2n1. The summed E-state index contributed by atoms with van der Waals surface area (Å²) in [5.74, 6) is -0.960. The second-order valence-corrected chi connectivity index (χ2v) is 5.68. The number of alkyl halides is 3. The van der Waals surface area contributed by atoms with Crippen LogP contribution >= 0.6 is 15.9 Å². The molecule has 0 fully saturated rings. The molecule has 0 aliphatic carbocycles.